The predicted molar refractivity (Wildman–Crippen MR) is 125 cm³/mol. The van der Waals surface area contributed by atoms with E-state index in [1.54, 1.807) is 23.5 Å². The minimum absolute atomic E-state index is 0.138. The minimum Gasteiger partial charge on any atom is -0.493 e. The number of nitrogens with zero attached hydrogens (tertiary/aromatic N) is 1. The first-order valence-corrected chi connectivity index (χ1v) is 10.8. The predicted octanol–water partition coefficient (Wildman–Crippen LogP) is 6.56. The van der Waals surface area contributed by atoms with Crippen LogP contribution in [0, 0.1) is 12.8 Å². The Morgan fingerprint density at radius 2 is 1.83 bits per heavy atom. The van der Waals surface area contributed by atoms with Gasteiger partial charge in [0.2, 0.25) is 0 Å². The van der Waals surface area contributed by atoms with Crippen LogP contribution in [0.3, 0.4) is 0 Å². The Morgan fingerprint density at radius 3 is 2.53 bits per heavy atom. The van der Waals surface area contributed by atoms with E-state index >= 15 is 0 Å². The molecular formula is C25H24N2O2S. The van der Waals surface area contributed by atoms with Crippen molar-refractivity contribution in [3.63, 3.8) is 0 Å². The highest BCUT2D eigenvalue weighted by Crippen LogP contribution is 2.32. The van der Waals surface area contributed by atoms with E-state index < -0.39 is 0 Å². The first-order chi connectivity index (χ1) is 14.5. The zero-order valence-corrected chi connectivity index (χ0v) is 18.1. The van der Waals surface area contributed by atoms with Crippen LogP contribution in [0.4, 0.5) is 5.69 Å². The molecule has 0 unspecified atom stereocenters. The fourth-order valence-corrected chi connectivity index (χ4v) is 4.05. The molecule has 1 amide bonds. The maximum atomic E-state index is 12.7. The van der Waals surface area contributed by atoms with E-state index in [9.17, 15) is 4.79 Å². The molecule has 1 aromatic heterocycles. The Morgan fingerprint density at radius 1 is 1.07 bits per heavy atom. The number of thiazole rings is 1. The average Bonchev–Trinajstić information content (AvgIpc) is 3.18. The lowest BCUT2D eigenvalue weighted by Crippen LogP contribution is -2.13. The molecule has 1 heterocycles. The molecule has 1 N–H and O–H groups in total. The summed E-state index contributed by atoms with van der Waals surface area (Å²) in [6.45, 7) is 6.86. The molecular weight excluding hydrogens is 392 g/mol. The van der Waals surface area contributed by atoms with Crippen molar-refractivity contribution >= 4 is 33.1 Å². The summed E-state index contributed by atoms with van der Waals surface area (Å²) < 4.78 is 6.85. The summed E-state index contributed by atoms with van der Waals surface area (Å²) in [5.74, 6) is 1.10. The highest BCUT2D eigenvalue weighted by atomic mass is 32.1. The Hall–Kier alpha value is -3.18. The second kappa shape index (κ2) is 8.67. The van der Waals surface area contributed by atoms with Gasteiger partial charge in [0, 0.05) is 16.8 Å². The van der Waals surface area contributed by atoms with Crippen molar-refractivity contribution in [3.05, 3.63) is 77.9 Å². The van der Waals surface area contributed by atoms with Crippen LogP contribution in [0.5, 0.6) is 5.75 Å². The van der Waals surface area contributed by atoms with Crippen molar-refractivity contribution < 1.29 is 9.53 Å². The van der Waals surface area contributed by atoms with Crippen LogP contribution in [0.1, 0.15) is 29.8 Å². The topological polar surface area (TPSA) is 51.2 Å². The molecule has 0 saturated heterocycles. The molecule has 0 atom stereocenters. The molecule has 30 heavy (non-hydrogen) atoms. The van der Waals surface area contributed by atoms with Crippen LogP contribution in [0.25, 0.3) is 20.8 Å². The van der Waals surface area contributed by atoms with E-state index in [0.717, 1.165) is 33.1 Å². The van der Waals surface area contributed by atoms with E-state index in [1.807, 2.05) is 49.4 Å². The molecule has 3 aromatic carbocycles. The number of ether oxygens (including phenoxy) is 1. The maximum Gasteiger partial charge on any atom is 0.255 e. The van der Waals surface area contributed by atoms with E-state index in [4.69, 9.17) is 9.72 Å². The molecule has 0 aliphatic rings. The smallest absolute Gasteiger partial charge is 0.255 e. The number of anilines is 1. The van der Waals surface area contributed by atoms with E-state index in [0.29, 0.717) is 18.1 Å². The highest BCUT2D eigenvalue weighted by Gasteiger charge is 2.11. The van der Waals surface area contributed by atoms with Crippen molar-refractivity contribution in [1.82, 2.24) is 4.98 Å². The van der Waals surface area contributed by atoms with Gasteiger partial charge in [0.05, 0.1) is 16.8 Å². The monoisotopic (exact) mass is 416 g/mol. The van der Waals surface area contributed by atoms with Gasteiger partial charge < -0.3 is 10.1 Å². The molecule has 152 valence electrons. The second-order valence-electron chi connectivity index (χ2n) is 7.70. The zero-order chi connectivity index (χ0) is 21.1. The number of nitrogens with one attached hydrogen (secondary N) is 1. The first kappa shape index (κ1) is 20.1. The number of fused-ring (bicyclic) bond motifs is 1. The number of aromatic nitrogens is 1. The van der Waals surface area contributed by atoms with Gasteiger partial charge in [0.25, 0.3) is 5.91 Å². The van der Waals surface area contributed by atoms with Gasteiger partial charge in [-0.15, -0.1) is 11.3 Å². The van der Waals surface area contributed by atoms with Crippen molar-refractivity contribution in [2.45, 2.75) is 20.8 Å². The van der Waals surface area contributed by atoms with Gasteiger partial charge in [-0.3, -0.25) is 4.79 Å². The standard InChI is InChI=1S/C25H24N2O2S/c1-16(2)15-29-20-11-8-18(9-12-20)24(28)26-21-13-10-19(14-17(21)3)25-27-22-6-4-5-7-23(22)30-25/h4-14,16H,15H2,1-3H3,(H,26,28). The molecule has 4 rings (SSSR count). The number of aryl methyl sites for hydroxylation is 1. The normalized spacial score (nSPS) is 11.1. The molecule has 0 bridgehead atoms. The van der Waals surface area contributed by atoms with Gasteiger partial charge in [-0.2, -0.15) is 0 Å². The Bertz CT molecular complexity index is 1150. The summed E-state index contributed by atoms with van der Waals surface area (Å²) in [4.78, 5) is 17.4. The average molecular weight is 417 g/mol. The number of para-hydroxylation sites is 1. The van der Waals surface area contributed by atoms with Crippen molar-refractivity contribution in [3.8, 4) is 16.3 Å². The lowest BCUT2D eigenvalue weighted by atomic mass is 10.1. The van der Waals surface area contributed by atoms with E-state index in [1.165, 1.54) is 4.70 Å². The summed E-state index contributed by atoms with van der Waals surface area (Å²) in [5, 5.41) is 3.99. The van der Waals surface area contributed by atoms with Gasteiger partial charge >= 0.3 is 0 Å². The fourth-order valence-electron chi connectivity index (χ4n) is 3.09. The third-order valence-corrected chi connectivity index (χ3v) is 5.80. The lowest BCUT2D eigenvalue weighted by Gasteiger charge is -2.11. The number of carbonyl (C=O) groups is 1. The number of carbonyl (C=O) groups excluding carboxylic acids is 1. The van der Waals surface area contributed by atoms with E-state index in [2.05, 4.69) is 31.3 Å². The van der Waals surface area contributed by atoms with Gasteiger partial charge in [0.15, 0.2) is 0 Å². The summed E-state index contributed by atoms with van der Waals surface area (Å²) >= 11 is 1.67. The van der Waals surface area contributed by atoms with Gasteiger partial charge in [0.1, 0.15) is 10.8 Å². The molecule has 0 saturated carbocycles. The number of benzene rings is 3. The third-order valence-electron chi connectivity index (χ3n) is 4.72. The summed E-state index contributed by atoms with van der Waals surface area (Å²) in [5.41, 5.74) is 4.45. The SMILES string of the molecule is Cc1cc(-c2nc3ccccc3s2)ccc1NC(=O)c1ccc(OCC(C)C)cc1. The van der Waals surface area contributed by atoms with E-state index in [-0.39, 0.29) is 5.91 Å². The number of hydrogen-bond donors (Lipinski definition) is 1. The second-order valence-corrected chi connectivity index (χ2v) is 8.73. The van der Waals surface area contributed by atoms with Crippen molar-refractivity contribution in [2.24, 2.45) is 5.92 Å². The van der Waals surface area contributed by atoms with Crippen LogP contribution < -0.4 is 10.1 Å². The van der Waals surface area contributed by atoms with Gasteiger partial charge in [-0.05, 0) is 73.0 Å². The molecule has 0 radical (unpaired) electrons. The molecule has 4 nitrogen and oxygen atoms in total. The van der Waals surface area contributed by atoms with Crippen LogP contribution >= 0.6 is 11.3 Å². The zero-order valence-electron chi connectivity index (χ0n) is 17.3. The minimum atomic E-state index is -0.138. The quantitative estimate of drug-likeness (QED) is 0.387. The Kier molecular flexibility index (Phi) is 5.81. The molecule has 0 aliphatic carbocycles. The van der Waals surface area contributed by atoms with Crippen molar-refractivity contribution in [1.29, 1.82) is 0 Å². The summed E-state index contributed by atoms with van der Waals surface area (Å²) in [6.07, 6.45) is 0. The third kappa shape index (κ3) is 4.52. The molecule has 0 aliphatic heterocycles. The first-order valence-electron chi connectivity index (χ1n) is 10.0. The molecule has 0 fully saturated rings. The van der Waals surface area contributed by atoms with Crippen LogP contribution in [0.15, 0.2) is 66.7 Å². The van der Waals surface area contributed by atoms with Crippen molar-refractivity contribution in [2.75, 3.05) is 11.9 Å². The van der Waals surface area contributed by atoms with Gasteiger partial charge in [-0.1, -0.05) is 26.0 Å². The lowest BCUT2D eigenvalue weighted by molar-refractivity contribution is 0.102. The Balaban J connectivity index is 1.47. The van der Waals surface area contributed by atoms with Crippen LogP contribution in [-0.4, -0.2) is 17.5 Å². The summed E-state index contributed by atoms with van der Waals surface area (Å²) in [7, 11) is 0. The number of rotatable bonds is 6. The largest absolute Gasteiger partial charge is 0.493 e. The Labute approximate surface area is 180 Å². The molecule has 4 aromatic rings. The van der Waals surface area contributed by atoms with Crippen LogP contribution in [0.2, 0.25) is 0 Å². The molecule has 0 spiro atoms. The van der Waals surface area contributed by atoms with Crippen LogP contribution in [-0.2, 0) is 0 Å². The molecule has 5 heteroatoms. The summed E-state index contributed by atoms with van der Waals surface area (Å²) in [6, 6.07) is 21.4. The maximum absolute atomic E-state index is 12.7. The number of hydrogen-bond acceptors (Lipinski definition) is 4. The fraction of sp³-hybridized carbons (Fsp3) is 0.200. The highest BCUT2D eigenvalue weighted by molar-refractivity contribution is 7.21. The number of amides is 1. The van der Waals surface area contributed by atoms with Gasteiger partial charge in [-0.25, -0.2) is 4.98 Å².